The fourth-order valence-corrected chi connectivity index (χ4v) is 3.88. The Kier molecular flexibility index (Phi) is 6.27. The first-order valence-electron chi connectivity index (χ1n) is 8.97. The van der Waals surface area contributed by atoms with Gasteiger partial charge in [-0.05, 0) is 31.4 Å². The van der Waals surface area contributed by atoms with Crippen molar-refractivity contribution in [3.63, 3.8) is 0 Å². The predicted molar refractivity (Wildman–Crippen MR) is 99.9 cm³/mol. The van der Waals surface area contributed by atoms with Crippen molar-refractivity contribution in [2.45, 2.75) is 39.0 Å². The number of nitrogens with one attached hydrogen (secondary N) is 1. The molecule has 1 fully saturated rings. The molecule has 1 unspecified atom stereocenters. The second-order valence-corrected chi connectivity index (χ2v) is 7.39. The fourth-order valence-electron chi connectivity index (χ4n) is 2.91. The second-order valence-electron chi connectivity index (χ2n) is 6.35. The topological polar surface area (TPSA) is 88.1 Å². The molecule has 2 aromatic heterocycles. The third-order valence-electron chi connectivity index (χ3n) is 4.28. The van der Waals surface area contributed by atoms with Crippen LogP contribution in [0.4, 0.5) is 5.13 Å². The highest BCUT2D eigenvalue weighted by Gasteiger charge is 2.36. The summed E-state index contributed by atoms with van der Waals surface area (Å²) in [7, 11) is 0. The maximum atomic E-state index is 12.3. The van der Waals surface area contributed by atoms with E-state index in [9.17, 15) is 9.59 Å². The average molecular weight is 373 g/mol. The maximum Gasteiger partial charge on any atom is 0.229 e. The van der Waals surface area contributed by atoms with E-state index in [1.54, 1.807) is 11.1 Å². The minimum Gasteiger partial charge on any atom is -0.356 e. The number of hydrogen-bond acceptors (Lipinski definition) is 6. The highest BCUT2D eigenvalue weighted by Crippen LogP contribution is 2.28. The highest BCUT2D eigenvalue weighted by atomic mass is 32.1. The lowest BCUT2D eigenvalue weighted by molar-refractivity contribution is -0.126. The van der Waals surface area contributed by atoms with Gasteiger partial charge >= 0.3 is 0 Å². The van der Waals surface area contributed by atoms with Gasteiger partial charge in [-0.1, -0.05) is 24.3 Å². The normalized spacial score (nSPS) is 16.9. The molecule has 0 bridgehead atoms. The summed E-state index contributed by atoms with van der Waals surface area (Å²) in [5, 5.41) is 12.7. The summed E-state index contributed by atoms with van der Waals surface area (Å²) in [6, 6.07) is 5.82. The zero-order valence-electron chi connectivity index (χ0n) is 14.9. The Hall–Kier alpha value is -2.35. The van der Waals surface area contributed by atoms with Gasteiger partial charge in [0.05, 0.1) is 5.92 Å². The van der Waals surface area contributed by atoms with E-state index < -0.39 is 0 Å². The number of amides is 2. The lowest BCUT2D eigenvalue weighted by Crippen LogP contribution is -2.33. The average Bonchev–Trinajstić information content (AvgIpc) is 3.26. The Morgan fingerprint density at radius 3 is 3.00 bits per heavy atom. The van der Waals surface area contributed by atoms with Crippen molar-refractivity contribution < 1.29 is 9.59 Å². The Balaban J connectivity index is 1.45. The van der Waals surface area contributed by atoms with Crippen molar-refractivity contribution in [3.8, 4) is 0 Å². The second kappa shape index (κ2) is 8.84. The number of rotatable bonds is 8. The number of aromatic nitrogens is 3. The van der Waals surface area contributed by atoms with E-state index in [1.165, 1.54) is 11.3 Å². The van der Waals surface area contributed by atoms with Crippen molar-refractivity contribution in [2.75, 3.05) is 18.0 Å². The molecule has 0 radical (unpaired) electrons. The summed E-state index contributed by atoms with van der Waals surface area (Å²) in [6.45, 7) is 3.04. The van der Waals surface area contributed by atoms with Crippen LogP contribution in [-0.4, -0.2) is 40.1 Å². The molecule has 1 aliphatic heterocycles. The van der Waals surface area contributed by atoms with Gasteiger partial charge in [0, 0.05) is 37.8 Å². The first-order valence-corrected chi connectivity index (χ1v) is 9.79. The molecule has 1 aliphatic rings. The smallest absolute Gasteiger partial charge is 0.229 e. The van der Waals surface area contributed by atoms with Gasteiger partial charge in [-0.25, -0.2) is 0 Å². The van der Waals surface area contributed by atoms with Crippen molar-refractivity contribution in [3.05, 3.63) is 35.1 Å². The zero-order valence-corrected chi connectivity index (χ0v) is 15.7. The number of pyridine rings is 1. The molecule has 0 spiro atoms. The van der Waals surface area contributed by atoms with Gasteiger partial charge in [0.1, 0.15) is 5.01 Å². The largest absolute Gasteiger partial charge is 0.356 e. The van der Waals surface area contributed by atoms with Gasteiger partial charge in [0.15, 0.2) is 0 Å². The Labute approximate surface area is 156 Å². The van der Waals surface area contributed by atoms with Crippen LogP contribution in [0.3, 0.4) is 0 Å². The summed E-state index contributed by atoms with van der Waals surface area (Å²) >= 11 is 1.44. The third kappa shape index (κ3) is 4.63. The van der Waals surface area contributed by atoms with Crippen molar-refractivity contribution >= 4 is 28.3 Å². The summed E-state index contributed by atoms with van der Waals surface area (Å²) in [6.07, 6.45) is 5.50. The van der Waals surface area contributed by atoms with E-state index in [0.29, 0.717) is 18.2 Å². The molecule has 26 heavy (non-hydrogen) atoms. The SMILES string of the molecule is CCCc1nnc(N2CC(C(=O)NCCCc3ccccn3)CC2=O)s1. The van der Waals surface area contributed by atoms with Crippen LogP contribution in [-0.2, 0) is 22.4 Å². The monoisotopic (exact) mass is 373 g/mol. The summed E-state index contributed by atoms with van der Waals surface area (Å²) in [4.78, 5) is 30.5. The van der Waals surface area contributed by atoms with E-state index >= 15 is 0 Å². The van der Waals surface area contributed by atoms with E-state index in [0.717, 1.165) is 36.4 Å². The molecule has 1 atom stereocenters. The van der Waals surface area contributed by atoms with Gasteiger partial charge in [-0.2, -0.15) is 0 Å². The van der Waals surface area contributed by atoms with Gasteiger partial charge in [-0.15, -0.1) is 10.2 Å². The van der Waals surface area contributed by atoms with Crippen molar-refractivity contribution in [1.82, 2.24) is 20.5 Å². The number of carbonyl (C=O) groups excluding carboxylic acids is 2. The Bertz CT molecular complexity index is 749. The van der Waals surface area contributed by atoms with E-state index in [-0.39, 0.29) is 24.2 Å². The summed E-state index contributed by atoms with van der Waals surface area (Å²) in [5.41, 5.74) is 1.02. The van der Waals surface area contributed by atoms with E-state index in [1.807, 2.05) is 18.2 Å². The minimum atomic E-state index is -0.323. The van der Waals surface area contributed by atoms with Crippen LogP contribution < -0.4 is 10.2 Å². The van der Waals surface area contributed by atoms with Crippen LogP contribution in [0.15, 0.2) is 24.4 Å². The van der Waals surface area contributed by atoms with Crippen LogP contribution in [0.5, 0.6) is 0 Å². The first-order chi connectivity index (χ1) is 12.7. The Morgan fingerprint density at radius 2 is 2.23 bits per heavy atom. The molecule has 0 aromatic carbocycles. The molecule has 7 nitrogen and oxygen atoms in total. The fraction of sp³-hybridized carbons (Fsp3) is 0.500. The standard InChI is InChI=1S/C18H23N5O2S/c1-2-6-15-21-22-18(26-15)23-12-13(11-16(23)24)17(25)20-10-5-8-14-7-3-4-9-19-14/h3-4,7,9,13H,2,5-6,8,10-12H2,1H3,(H,20,25). The van der Waals surface area contributed by atoms with Crippen LogP contribution in [0.2, 0.25) is 0 Å². The Morgan fingerprint density at radius 1 is 1.35 bits per heavy atom. The zero-order chi connectivity index (χ0) is 18.4. The molecule has 3 rings (SSSR count). The molecule has 138 valence electrons. The van der Waals surface area contributed by atoms with E-state index in [4.69, 9.17) is 0 Å². The maximum absolute atomic E-state index is 12.3. The highest BCUT2D eigenvalue weighted by molar-refractivity contribution is 7.15. The molecule has 0 saturated carbocycles. The predicted octanol–water partition coefficient (Wildman–Crippen LogP) is 1.99. The molecule has 1 saturated heterocycles. The number of carbonyl (C=O) groups is 2. The van der Waals surface area contributed by atoms with Crippen molar-refractivity contribution in [1.29, 1.82) is 0 Å². The number of hydrogen-bond donors (Lipinski definition) is 1. The van der Waals surface area contributed by atoms with Gasteiger partial charge in [-0.3, -0.25) is 19.5 Å². The van der Waals surface area contributed by atoms with Gasteiger partial charge in [0.2, 0.25) is 16.9 Å². The molecule has 2 aromatic rings. The van der Waals surface area contributed by atoms with Crippen LogP contribution >= 0.6 is 11.3 Å². The number of aryl methyl sites for hydroxylation is 2. The van der Waals surface area contributed by atoms with Gasteiger partial charge < -0.3 is 5.32 Å². The molecule has 8 heteroatoms. The molecular weight excluding hydrogens is 350 g/mol. The van der Waals surface area contributed by atoms with Crippen molar-refractivity contribution in [2.24, 2.45) is 5.92 Å². The van der Waals surface area contributed by atoms with Gasteiger partial charge in [0.25, 0.3) is 0 Å². The first kappa shape index (κ1) is 18.4. The summed E-state index contributed by atoms with van der Waals surface area (Å²) < 4.78 is 0. The molecule has 0 aliphatic carbocycles. The van der Waals surface area contributed by atoms with E-state index in [2.05, 4.69) is 27.4 Å². The van der Waals surface area contributed by atoms with Crippen LogP contribution in [0.1, 0.15) is 36.9 Å². The van der Waals surface area contributed by atoms with Crippen LogP contribution in [0.25, 0.3) is 0 Å². The quantitative estimate of drug-likeness (QED) is 0.715. The van der Waals surface area contributed by atoms with Crippen LogP contribution in [0, 0.1) is 5.92 Å². The summed E-state index contributed by atoms with van der Waals surface area (Å²) in [5.74, 6) is -0.450. The number of nitrogens with zero attached hydrogens (tertiary/aromatic N) is 4. The third-order valence-corrected chi connectivity index (χ3v) is 5.29. The lowest BCUT2D eigenvalue weighted by atomic mass is 10.1. The molecule has 1 N–H and O–H groups in total. The molecule has 2 amide bonds. The lowest BCUT2D eigenvalue weighted by Gasteiger charge is -2.12. The minimum absolute atomic E-state index is 0.0576. The molecule has 3 heterocycles. The molecular formula is C18H23N5O2S. The number of anilines is 1.